The minimum Gasteiger partial charge on any atom is -0.481 e. The summed E-state index contributed by atoms with van der Waals surface area (Å²) in [5.74, 6) is -1.51. The van der Waals surface area contributed by atoms with Gasteiger partial charge in [0.05, 0.1) is 12.5 Å². The number of carbonyl (C=O) groups excluding carboxylic acids is 2. The van der Waals surface area contributed by atoms with Crippen LogP contribution in [-0.4, -0.2) is 59.0 Å². The number of aliphatic carboxylic acids is 1. The SMILES string of the molecule is O=C(O)C1CCN(C(=O)NCC(=O)N2CCc3ccccc3C2)C1. The van der Waals surface area contributed by atoms with Crippen molar-refractivity contribution in [3.63, 3.8) is 0 Å². The molecular formula is C17H21N3O4. The molecule has 7 heteroatoms. The van der Waals surface area contributed by atoms with Crippen molar-refractivity contribution >= 4 is 17.9 Å². The predicted molar refractivity (Wildman–Crippen MR) is 86.3 cm³/mol. The second kappa shape index (κ2) is 6.90. The number of carbonyl (C=O) groups is 3. The number of rotatable bonds is 3. The van der Waals surface area contributed by atoms with Crippen LogP contribution in [0, 0.1) is 5.92 Å². The second-order valence-electron chi connectivity index (χ2n) is 6.26. The molecule has 2 N–H and O–H groups in total. The minimum absolute atomic E-state index is 0.0603. The number of fused-ring (bicyclic) bond motifs is 1. The monoisotopic (exact) mass is 331 g/mol. The summed E-state index contributed by atoms with van der Waals surface area (Å²) in [4.78, 5) is 38.5. The number of urea groups is 1. The minimum atomic E-state index is -0.881. The van der Waals surface area contributed by atoms with Crippen LogP contribution in [0.5, 0.6) is 0 Å². The van der Waals surface area contributed by atoms with Crippen molar-refractivity contribution in [3.8, 4) is 0 Å². The van der Waals surface area contributed by atoms with E-state index in [1.807, 2.05) is 18.2 Å². The Kier molecular flexibility index (Phi) is 4.69. The van der Waals surface area contributed by atoms with E-state index in [0.29, 0.717) is 26.1 Å². The first kappa shape index (κ1) is 16.3. The third-order valence-electron chi connectivity index (χ3n) is 4.70. The molecule has 1 atom stereocenters. The van der Waals surface area contributed by atoms with Crippen LogP contribution in [-0.2, 0) is 22.6 Å². The zero-order chi connectivity index (χ0) is 17.1. The van der Waals surface area contributed by atoms with E-state index in [-0.39, 0.29) is 25.0 Å². The topological polar surface area (TPSA) is 90.0 Å². The van der Waals surface area contributed by atoms with Gasteiger partial charge in [0, 0.05) is 26.2 Å². The molecular weight excluding hydrogens is 310 g/mol. The molecule has 1 aromatic rings. The lowest BCUT2D eigenvalue weighted by molar-refractivity contribution is -0.141. The standard InChI is InChI=1S/C17H21N3O4/c21-15(19-7-5-12-3-1-2-4-13(12)10-19)9-18-17(24)20-8-6-14(11-20)16(22)23/h1-4,14H,5-11H2,(H,18,24)(H,22,23). The highest BCUT2D eigenvalue weighted by molar-refractivity contribution is 5.84. The Morgan fingerprint density at radius 3 is 2.58 bits per heavy atom. The molecule has 0 aromatic heterocycles. The molecule has 0 saturated carbocycles. The molecule has 0 aliphatic carbocycles. The van der Waals surface area contributed by atoms with Crippen LogP contribution in [0.15, 0.2) is 24.3 Å². The average molecular weight is 331 g/mol. The molecule has 7 nitrogen and oxygen atoms in total. The van der Waals surface area contributed by atoms with E-state index in [1.165, 1.54) is 10.5 Å². The maximum absolute atomic E-state index is 12.3. The van der Waals surface area contributed by atoms with Gasteiger partial charge >= 0.3 is 12.0 Å². The van der Waals surface area contributed by atoms with E-state index >= 15 is 0 Å². The Morgan fingerprint density at radius 2 is 1.88 bits per heavy atom. The van der Waals surface area contributed by atoms with Crippen molar-refractivity contribution in [2.24, 2.45) is 5.92 Å². The Hall–Kier alpha value is -2.57. The number of nitrogens with one attached hydrogen (secondary N) is 1. The fourth-order valence-corrected chi connectivity index (χ4v) is 3.23. The van der Waals surface area contributed by atoms with E-state index in [0.717, 1.165) is 12.0 Å². The Morgan fingerprint density at radius 1 is 1.12 bits per heavy atom. The van der Waals surface area contributed by atoms with Crippen molar-refractivity contribution in [1.82, 2.24) is 15.1 Å². The van der Waals surface area contributed by atoms with Gasteiger partial charge < -0.3 is 20.2 Å². The van der Waals surface area contributed by atoms with Crippen molar-refractivity contribution in [2.75, 3.05) is 26.2 Å². The van der Waals surface area contributed by atoms with E-state index in [1.54, 1.807) is 4.90 Å². The summed E-state index contributed by atoms with van der Waals surface area (Å²) >= 11 is 0. The van der Waals surface area contributed by atoms with E-state index in [9.17, 15) is 14.4 Å². The molecule has 1 fully saturated rings. The Balaban J connectivity index is 1.48. The van der Waals surface area contributed by atoms with Crippen LogP contribution in [0.4, 0.5) is 4.79 Å². The lowest BCUT2D eigenvalue weighted by atomic mass is 10.00. The van der Waals surface area contributed by atoms with Crippen molar-refractivity contribution in [1.29, 1.82) is 0 Å². The van der Waals surface area contributed by atoms with Crippen molar-refractivity contribution in [3.05, 3.63) is 35.4 Å². The molecule has 0 bridgehead atoms. The molecule has 3 rings (SSSR count). The van der Waals surface area contributed by atoms with Gasteiger partial charge in [0.1, 0.15) is 0 Å². The lowest BCUT2D eigenvalue weighted by Crippen LogP contribution is -2.46. The number of nitrogens with zero attached hydrogens (tertiary/aromatic N) is 2. The van der Waals surface area contributed by atoms with Gasteiger partial charge in [-0.15, -0.1) is 0 Å². The zero-order valence-corrected chi connectivity index (χ0v) is 13.4. The number of carboxylic acid groups (broad SMARTS) is 1. The van der Waals surface area contributed by atoms with Crippen molar-refractivity contribution in [2.45, 2.75) is 19.4 Å². The van der Waals surface area contributed by atoms with Gasteiger partial charge in [-0.2, -0.15) is 0 Å². The molecule has 3 amide bonds. The van der Waals surface area contributed by atoms with Crippen LogP contribution in [0.2, 0.25) is 0 Å². The lowest BCUT2D eigenvalue weighted by Gasteiger charge is -2.29. The number of hydrogen-bond donors (Lipinski definition) is 2. The third-order valence-corrected chi connectivity index (χ3v) is 4.70. The van der Waals surface area contributed by atoms with Gasteiger partial charge in [0.15, 0.2) is 0 Å². The number of amides is 3. The first-order chi connectivity index (χ1) is 11.5. The average Bonchev–Trinajstić information content (AvgIpc) is 3.09. The van der Waals surface area contributed by atoms with Crippen LogP contribution >= 0.6 is 0 Å². The summed E-state index contributed by atoms with van der Waals surface area (Å²) in [6.45, 7) is 1.77. The highest BCUT2D eigenvalue weighted by atomic mass is 16.4. The van der Waals surface area contributed by atoms with Gasteiger partial charge in [-0.25, -0.2) is 4.79 Å². The fourth-order valence-electron chi connectivity index (χ4n) is 3.23. The highest BCUT2D eigenvalue weighted by Gasteiger charge is 2.31. The predicted octanol–water partition coefficient (Wildman–Crippen LogP) is 0.687. The molecule has 1 unspecified atom stereocenters. The first-order valence-electron chi connectivity index (χ1n) is 8.14. The Bertz CT molecular complexity index is 661. The molecule has 2 aliphatic rings. The molecule has 2 heterocycles. The summed E-state index contributed by atoms with van der Waals surface area (Å²) in [5.41, 5.74) is 2.41. The maximum atomic E-state index is 12.3. The molecule has 1 aromatic carbocycles. The van der Waals surface area contributed by atoms with E-state index < -0.39 is 11.9 Å². The maximum Gasteiger partial charge on any atom is 0.317 e. The van der Waals surface area contributed by atoms with Crippen LogP contribution in [0.3, 0.4) is 0 Å². The molecule has 24 heavy (non-hydrogen) atoms. The number of carboxylic acids is 1. The summed E-state index contributed by atoms with van der Waals surface area (Å²) < 4.78 is 0. The summed E-state index contributed by atoms with van der Waals surface area (Å²) in [6.07, 6.45) is 1.28. The summed E-state index contributed by atoms with van der Waals surface area (Å²) in [5, 5.41) is 11.6. The van der Waals surface area contributed by atoms with Crippen molar-refractivity contribution < 1.29 is 19.5 Å². The molecule has 0 spiro atoms. The molecule has 2 aliphatic heterocycles. The van der Waals surface area contributed by atoms with Gasteiger partial charge in [-0.1, -0.05) is 24.3 Å². The van der Waals surface area contributed by atoms with E-state index in [4.69, 9.17) is 5.11 Å². The van der Waals surface area contributed by atoms with Crippen LogP contribution in [0.1, 0.15) is 17.5 Å². The van der Waals surface area contributed by atoms with Crippen LogP contribution in [0.25, 0.3) is 0 Å². The largest absolute Gasteiger partial charge is 0.481 e. The van der Waals surface area contributed by atoms with Gasteiger partial charge in [-0.3, -0.25) is 9.59 Å². The molecule has 1 saturated heterocycles. The first-order valence-corrected chi connectivity index (χ1v) is 8.14. The van der Waals surface area contributed by atoms with Gasteiger partial charge in [0.2, 0.25) is 5.91 Å². The van der Waals surface area contributed by atoms with Gasteiger partial charge in [-0.05, 0) is 24.0 Å². The Labute approximate surface area is 140 Å². The fraction of sp³-hybridized carbons (Fsp3) is 0.471. The normalized spacial score (nSPS) is 19.8. The van der Waals surface area contributed by atoms with E-state index in [2.05, 4.69) is 11.4 Å². The van der Waals surface area contributed by atoms with Gasteiger partial charge in [0.25, 0.3) is 0 Å². The van der Waals surface area contributed by atoms with Crippen LogP contribution < -0.4 is 5.32 Å². The number of hydrogen-bond acceptors (Lipinski definition) is 3. The molecule has 128 valence electrons. The summed E-state index contributed by atoms with van der Waals surface area (Å²) in [7, 11) is 0. The quantitative estimate of drug-likeness (QED) is 0.853. The zero-order valence-electron chi connectivity index (χ0n) is 13.4. The number of likely N-dealkylation sites (tertiary alicyclic amines) is 1. The summed E-state index contributed by atoms with van der Waals surface area (Å²) in [6, 6.07) is 7.68. The smallest absolute Gasteiger partial charge is 0.317 e. The second-order valence-corrected chi connectivity index (χ2v) is 6.26. The number of benzene rings is 1. The molecule has 0 radical (unpaired) electrons. The highest BCUT2D eigenvalue weighted by Crippen LogP contribution is 2.18. The third kappa shape index (κ3) is 3.50.